The van der Waals surface area contributed by atoms with Gasteiger partial charge >= 0.3 is 0 Å². The van der Waals surface area contributed by atoms with E-state index < -0.39 is 0 Å². The molecule has 2 aromatic carbocycles. The van der Waals surface area contributed by atoms with E-state index in [4.69, 9.17) is 21.0 Å². The van der Waals surface area contributed by atoms with Gasteiger partial charge in [-0.2, -0.15) is 0 Å². The van der Waals surface area contributed by atoms with Gasteiger partial charge in [-0.05, 0) is 67.0 Å². The minimum atomic E-state index is 0. The van der Waals surface area contributed by atoms with Crippen molar-refractivity contribution in [1.29, 1.82) is 0 Å². The summed E-state index contributed by atoms with van der Waals surface area (Å²) in [6, 6.07) is 22.0. The summed E-state index contributed by atoms with van der Waals surface area (Å²) in [4.78, 5) is 9.24. The maximum Gasteiger partial charge on any atom is 0.136 e. The number of furan rings is 1. The van der Waals surface area contributed by atoms with Crippen LogP contribution in [0.2, 0.25) is 5.02 Å². The topological polar surface area (TPSA) is 38.4 Å². The molecule has 5 rings (SSSR count). The van der Waals surface area contributed by atoms with Crippen molar-refractivity contribution in [3.63, 3.8) is 0 Å². The second-order valence-electron chi connectivity index (χ2n) is 7.10. The zero-order chi connectivity index (χ0) is 19.6. The first-order chi connectivity index (χ1) is 14.3. The Hall–Kier alpha value is -2.88. The van der Waals surface area contributed by atoms with Crippen molar-refractivity contribution in [2.24, 2.45) is 4.99 Å². The molecule has 3 heterocycles. The summed E-state index contributed by atoms with van der Waals surface area (Å²) >= 11 is 6.31. The van der Waals surface area contributed by atoms with Gasteiger partial charge < -0.3 is 4.42 Å². The molecule has 0 atom stereocenters. The Balaban J connectivity index is 0.00000218. The molecule has 0 fully saturated rings. The van der Waals surface area contributed by atoms with Crippen LogP contribution in [0.25, 0.3) is 28.3 Å². The molecule has 1 aliphatic heterocycles. The van der Waals surface area contributed by atoms with Gasteiger partial charge in [0.1, 0.15) is 11.5 Å². The highest BCUT2D eigenvalue weighted by Gasteiger charge is 2.16. The van der Waals surface area contributed by atoms with Crippen LogP contribution in [0.15, 0.2) is 87.9 Å². The minimum Gasteiger partial charge on any atom is -0.457 e. The summed E-state index contributed by atoms with van der Waals surface area (Å²) < 4.78 is 6.08. The number of hydrogen-bond donors (Lipinski definition) is 0. The first-order valence-corrected chi connectivity index (χ1v) is 10.1. The predicted molar refractivity (Wildman–Crippen MR) is 127 cm³/mol. The van der Waals surface area contributed by atoms with E-state index in [-0.39, 0.29) is 12.4 Å². The van der Waals surface area contributed by atoms with E-state index in [0.29, 0.717) is 5.02 Å². The molecule has 1 aliphatic rings. The number of aliphatic imine (C=N–C) groups is 1. The quantitative estimate of drug-likeness (QED) is 0.340. The highest BCUT2D eigenvalue weighted by atomic mass is 35.5. The fraction of sp³-hybridized carbons (Fsp3) is 0.120. The Morgan fingerprint density at radius 2 is 1.87 bits per heavy atom. The maximum atomic E-state index is 6.31. The third-order valence-electron chi connectivity index (χ3n) is 5.14. The van der Waals surface area contributed by atoms with E-state index in [1.165, 1.54) is 5.57 Å². The lowest BCUT2D eigenvalue weighted by atomic mass is 9.94. The van der Waals surface area contributed by atoms with Crippen LogP contribution in [0, 0.1) is 0 Å². The molecule has 2 aromatic heterocycles. The van der Waals surface area contributed by atoms with Crippen LogP contribution in [0.3, 0.4) is 0 Å². The highest BCUT2D eigenvalue weighted by molar-refractivity contribution is 6.33. The average Bonchev–Trinajstić information content (AvgIpc) is 3.22. The molecule has 0 saturated carbocycles. The molecule has 0 saturated heterocycles. The normalized spacial score (nSPS) is 15.1. The van der Waals surface area contributed by atoms with Crippen molar-refractivity contribution in [3.8, 4) is 11.3 Å². The number of aromatic nitrogens is 1. The van der Waals surface area contributed by atoms with Gasteiger partial charge in [-0.1, -0.05) is 35.9 Å². The lowest BCUT2D eigenvalue weighted by Crippen LogP contribution is -2.11. The Morgan fingerprint density at radius 3 is 2.77 bits per heavy atom. The van der Waals surface area contributed by atoms with Crippen LogP contribution >= 0.6 is 24.0 Å². The Kier molecular flexibility index (Phi) is 6.03. The number of hydrogen-bond acceptors (Lipinski definition) is 3. The molecule has 0 amide bonds. The fourth-order valence-electron chi connectivity index (χ4n) is 3.73. The van der Waals surface area contributed by atoms with E-state index in [9.17, 15) is 0 Å². The van der Waals surface area contributed by atoms with Crippen molar-refractivity contribution in [2.75, 3.05) is 6.54 Å². The molecule has 0 bridgehead atoms. The molecule has 0 radical (unpaired) electrons. The number of pyridine rings is 1. The molecular formula is C25H20Cl2N2O. The second-order valence-corrected chi connectivity index (χ2v) is 7.50. The number of benzene rings is 2. The van der Waals surface area contributed by atoms with Gasteiger partial charge in [0.05, 0.1) is 16.3 Å². The van der Waals surface area contributed by atoms with Crippen molar-refractivity contribution < 1.29 is 4.42 Å². The van der Waals surface area contributed by atoms with Gasteiger partial charge in [-0.25, -0.2) is 0 Å². The predicted octanol–water partition coefficient (Wildman–Crippen LogP) is 7.24. The lowest BCUT2D eigenvalue weighted by Gasteiger charge is -2.16. The molecule has 3 nitrogen and oxygen atoms in total. The van der Waals surface area contributed by atoms with Crippen molar-refractivity contribution in [3.05, 3.63) is 94.8 Å². The summed E-state index contributed by atoms with van der Waals surface area (Å²) in [5, 5.41) is 1.81. The van der Waals surface area contributed by atoms with Crippen LogP contribution < -0.4 is 0 Å². The molecule has 4 aromatic rings. The highest BCUT2D eigenvalue weighted by Crippen LogP contribution is 2.31. The summed E-state index contributed by atoms with van der Waals surface area (Å²) in [6.45, 7) is 0.848. The SMILES string of the molecule is Cl.Clc1ccccc1-c1ccc(C=C2CCCN=C2c2ccc3ncccc3c2)o1. The smallest absolute Gasteiger partial charge is 0.136 e. The number of allylic oxidation sites excluding steroid dienone is 1. The van der Waals surface area contributed by atoms with E-state index in [1.807, 2.05) is 48.7 Å². The number of halogens is 2. The number of rotatable bonds is 3. The van der Waals surface area contributed by atoms with Crippen molar-refractivity contribution in [1.82, 2.24) is 4.98 Å². The Morgan fingerprint density at radius 1 is 0.967 bits per heavy atom. The molecule has 0 spiro atoms. The van der Waals surface area contributed by atoms with Crippen LogP contribution in [0.4, 0.5) is 0 Å². The van der Waals surface area contributed by atoms with Gasteiger partial charge in [-0.15, -0.1) is 12.4 Å². The summed E-state index contributed by atoms with van der Waals surface area (Å²) in [5.41, 5.74) is 5.25. The molecule has 0 unspecified atom stereocenters. The van der Waals surface area contributed by atoms with E-state index in [2.05, 4.69) is 35.3 Å². The van der Waals surface area contributed by atoms with Crippen molar-refractivity contribution >= 4 is 46.7 Å². The van der Waals surface area contributed by atoms with E-state index >= 15 is 0 Å². The van der Waals surface area contributed by atoms with Gasteiger partial charge in [-0.3, -0.25) is 9.98 Å². The Labute approximate surface area is 186 Å². The monoisotopic (exact) mass is 434 g/mol. The van der Waals surface area contributed by atoms with E-state index in [1.54, 1.807) is 0 Å². The van der Waals surface area contributed by atoms with Gasteiger partial charge in [0, 0.05) is 29.3 Å². The molecule has 5 heteroatoms. The van der Waals surface area contributed by atoms with E-state index in [0.717, 1.165) is 58.6 Å². The molecule has 0 N–H and O–H groups in total. The first kappa shape index (κ1) is 20.4. The van der Waals surface area contributed by atoms with Gasteiger partial charge in [0.15, 0.2) is 0 Å². The van der Waals surface area contributed by atoms with Crippen LogP contribution in [-0.4, -0.2) is 17.2 Å². The molecule has 0 aliphatic carbocycles. The third kappa shape index (κ3) is 4.04. The van der Waals surface area contributed by atoms with Crippen LogP contribution in [-0.2, 0) is 0 Å². The lowest BCUT2D eigenvalue weighted by molar-refractivity contribution is 0.571. The second kappa shape index (κ2) is 8.86. The van der Waals surface area contributed by atoms with Gasteiger partial charge in [0.25, 0.3) is 0 Å². The standard InChI is InChI=1S/C25H19ClN2O.ClH/c26-22-8-2-1-7-21(22)24-12-10-20(29-24)16-18-6-4-14-28-25(18)19-9-11-23-17(15-19)5-3-13-27-23;/h1-3,5,7-13,15-16H,4,6,14H2;1H. The summed E-state index contributed by atoms with van der Waals surface area (Å²) in [6.07, 6.45) is 5.94. The molecule has 150 valence electrons. The van der Waals surface area contributed by atoms with Crippen LogP contribution in [0.5, 0.6) is 0 Å². The molecular weight excluding hydrogens is 415 g/mol. The Bertz CT molecular complexity index is 1260. The van der Waals surface area contributed by atoms with Crippen molar-refractivity contribution in [2.45, 2.75) is 12.8 Å². The average molecular weight is 435 g/mol. The largest absolute Gasteiger partial charge is 0.457 e. The zero-order valence-electron chi connectivity index (χ0n) is 16.2. The zero-order valence-corrected chi connectivity index (χ0v) is 17.8. The summed E-state index contributed by atoms with van der Waals surface area (Å²) in [7, 11) is 0. The number of fused-ring (bicyclic) bond motifs is 1. The third-order valence-corrected chi connectivity index (χ3v) is 5.47. The maximum absolute atomic E-state index is 6.31. The van der Waals surface area contributed by atoms with Crippen LogP contribution in [0.1, 0.15) is 24.2 Å². The molecule has 30 heavy (non-hydrogen) atoms. The first-order valence-electron chi connectivity index (χ1n) is 9.73. The van der Waals surface area contributed by atoms with Gasteiger partial charge in [0.2, 0.25) is 0 Å². The minimum absolute atomic E-state index is 0. The summed E-state index contributed by atoms with van der Waals surface area (Å²) in [5.74, 6) is 1.58. The number of nitrogens with zero attached hydrogens (tertiary/aromatic N) is 2. The fourth-order valence-corrected chi connectivity index (χ4v) is 3.96.